The van der Waals surface area contributed by atoms with Gasteiger partial charge in [-0.2, -0.15) is 11.8 Å². The molecule has 1 saturated heterocycles. The molecule has 2 fully saturated rings. The van der Waals surface area contributed by atoms with Crippen LogP contribution in [0.5, 0.6) is 0 Å². The standard InChI is InChI=1S/C10H18N2OS/c1-14-5-4-11-9(13)8-6-10(2-3-10)7-12-8/h8,12H,2-7H2,1H3,(H,11,13). The fourth-order valence-corrected chi connectivity index (χ4v) is 2.37. The van der Waals surface area contributed by atoms with Crippen molar-refractivity contribution in [3.05, 3.63) is 0 Å². The van der Waals surface area contributed by atoms with Crippen molar-refractivity contribution >= 4 is 17.7 Å². The molecule has 4 heteroatoms. The van der Waals surface area contributed by atoms with E-state index in [1.807, 2.05) is 0 Å². The molecule has 1 amide bonds. The summed E-state index contributed by atoms with van der Waals surface area (Å²) in [6.45, 7) is 1.85. The smallest absolute Gasteiger partial charge is 0.237 e. The van der Waals surface area contributed by atoms with Crippen molar-refractivity contribution in [3.8, 4) is 0 Å². The summed E-state index contributed by atoms with van der Waals surface area (Å²) in [7, 11) is 0. The van der Waals surface area contributed by atoms with Gasteiger partial charge < -0.3 is 10.6 Å². The minimum absolute atomic E-state index is 0.0827. The van der Waals surface area contributed by atoms with Gasteiger partial charge >= 0.3 is 0 Å². The molecular formula is C10H18N2OS. The molecule has 0 aromatic heterocycles. The molecule has 2 aliphatic rings. The van der Waals surface area contributed by atoms with E-state index in [9.17, 15) is 4.79 Å². The van der Waals surface area contributed by atoms with E-state index in [0.29, 0.717) is 5.41 Å². The highest BCUT2D eigenvalue weighted by Crippen LogP contribution is 2.51. The maximum atomic E-state index is 11.7. The third-order valence-electron chi connectivity index (χ3n) is 3.24. The SMILES string of the molecule is CSCCNC(=O)C1CC2(CC2)CN1. The Hall–Kier alpha value is -0.220. The third-order valence-corrected chi connectivity index (χ3v) is 3.85. The van der Waals surface area contributed by atoms with E-state index in [4.69, 9.17) is 0 Å². The Morgan fingerprint density at radius 2 is 2.43 bits per heavy atom. The Bertz CT molecular complexity index is 228. The van der Waals surface area contributed by atoms with Gasteiger partial charge in [-0.25, -0.2) is 0 Å². The van der Waals surface area contributed by atoms with Gasteiger partial charge in [0.1, 0.15) is 0 Å². The lowest BCUT2D eigenvalue weighted by Crippen LogP contribution is -2.41. The van der Waals surface area contributed by atoms with E-state index in [0.717, 1.165) is 25.3 Å². The Morgan fingerprint density at radius 3 is 3.00 bits per heavy atom. The third kappa shape index (κ3) is 2.23. The number of amides is 1. The van der Waals surface area contributed by atoms with Gasteiger partial charge in [0.05, 0.1) is 6.04 Å². The number of hydrogen-bond acceptors (Lipinski definition) is 3. The van der Waals surface area contributed by atoms with Gasteiger partial charge in [-0.3, -0.25) is 4.79 Å². The molecule has 1 atom stereocenters. The van der Waals surface area contributed by atoms with E-state index >= 15 is 0 Å². The molecule has 0 radical (unpaired) electrons. The van der Waals surface area contributed by atoms with Crippen molar-refractivity contribution in [2.75, 3.05) is 25.1 Å². The van der Waals surface area contributed by atoms with Crippen LogP contribution in [0.4, 0.5) is 0 Å². The lowest BCUT2D eigenvalue weighted by molar-refractivity contribution is -0.122. The van der Waals surface area contributed by atoms with Crippen molar-refractivity contribution in [2.24, 2.45) is 5.41 Å². The summed E-state index contributed by atoms with van der Waals surface area (Å²) in [4.78, 5) is 11.7. The molecule has 0 bridgehead atoms. The summed E-state index contributed by atoms with van der Waals surface area (Å²) in [6, 6.07) is 0.0827. The number of thioether (sulfide) groups is 1. The fraction of sp³-hybridized carbons (Fsp3) is 0.900. The van der Waals surface area contributed by atoms with Crippen molar-refractivity contribution < 1.29 is 4.79 Å². The van der Waals surface area contributed by atoms with E-state index < -0.39 is 0 Å². The zero-order valence-corrected chi connectivity index (χ0v) is 9.45. The zero-order chi connectivity index (χ0) is 10.0. The minimum atomic E-state index is 0.0827. The Morgan fingerprint density at radius 1 is 1.64 bits per heavy atom. The minimum Gasteiger partial charge on any atom is -0.354 e. The van der Waals surface area contributed by atoms with Gasteiger partial charge in [-0.1, -0.05) is 0 Å². The molecule has 1 heterocycles. The van der Waals surface area contributed by atoms with E-state index in [2.05, 4.69) is 16.9 Å². The van der Waals surface area contributed by atoms with Crippen LogP contribution in [0.2, 0.25) is 0 Å². The van der Waals surface area contributed by atoms with Gasteiger partial charge in [0.15, 0.2) is 0 Å². The predicted molar refractivity (Wildman–Crippen MR) is 59.5 cm³/mol. The molecule has 14 heavy (non-hydrogen) atoms. The number of rotatable bonds is 4. The van der Waals surface area contributed by atoms with Gasteiger partial charge in [0.25, 0.3) is 0 Å². The molecule has 1 aliphatic heterocycles. The molecule has 80 valence electrons. The average molecular weight is 214 g/mol. The Balaban J connectivity index is 1.70. The first kappa shape index (κ1) is 10.3. The van der Waals surface area contributed by atoms with Crippen LogP contribution >= 0.6 is 11.8 Å². The van der Waals surface area contributed by atoms with Crippen LogP contribution in [0.25, 0.3) is 0 Å². The predicted octanol–water partition coefficient (Wildman–Crippen LogP) is 0.608. The molecule has 1 spiro atoms. The van der Waals surface area contributed by atoms with Crippen LogP contribution in [-0.4, -0.2) is 37.0 Å². The first-order chi connectivity index (χ1) is 6.76. The molecule has 0 aromatic carbocycles. The van der Waals surface area contributed by atoms with Crippen molar-refractivity contribution in [3.63, 3.8) is 0 Å². The Labute approximate surface area is 89.4 Å². The first-order valence-electron chi connectivity index (χ1n) is 5.26. The topological polar surface area (TPSA) is 41.1 Å². The summed E-state index contributed by atoms with van der Waals surface area (Å²) in [5, 5.41) is 6.29. The highest BCUT2D eigenvalue weighted by Gasteiger charge is 2.49. The molecule has 1 aliphatic carbocycles. The average Bonchev–Trinajstić information content (AvgIpc) is 2.77. The molecule has 1 unspecified atom stereocenters. The molecule has 2 rings (SSSR count). The summed E-state index contributed by atoms with van der Waals surface area (Å²) in [5.41, 5.74) is 0.515. The van der Waals surface area contributed by atoms with Crippen molar-refractivity contribution in [1.29, 1.82) is 0 Å². The molecular weight excluding hydrogens is 196 g/mol. The van der Waals surface area contributed by atoms with Crippen LogP contribution in [0.15, 0.2) is 0 Å². The molecule has 1 saturated carbocycles. The monoisotopic (exact) mass is 214 g/mol. The van der Waals surface area contributed by atoms with Crippen LogP contribution in [0.1, 0.15) is 19.3 Å². The second-order valence-electron chi connectivity index (χ2n) is 4.42. The van der Waals surface area contributed by atoms with Gasteiger partial charge in [-0.15, -0.1) is 0 Å². The maximum Gasteiger partial charge on any atom is 0.237 e. The number of carbonyl (C=O) groups excluding carboxylic acids is 1. The second kappa shape index (κ2) is 4.11. The lowest BCUT2D eigenvalue weighted by atomic mass is 10.0. The fourth-order valence-electron chi connectivity index (χ4n) is 2.06. The summed E-state index contributed by atoms with van der Waals surface area (Å²) in [6.07, 6.45) is 5.74. The summed E-state index contributed by atoms with van der Waals surface area (Å²) < 4.78 is 0. The lowest BCUT2D eigenvalue weighted by Gasteiger charge is -2.10. The first-order valence-corrected chi connectivity index (χ1v) is 6.65. The molecule has 0 aromatic rings. The van der Waals surface area contributed by atoms with E-state index in [1.165, 1.54) is 12.8 Å². The Kier molecular flexibility index (Phi) is 3.02. The largest absolute Gasteiger partial charge is 0.354 e. The quantitative estimate of drug-likeness (QED) is 0.674. The summed E-state index contributed by atoms with van der Waals surface area (Å²) >= 11 is 1.76. The van der Waals surface area contributed by atoms with Gasteiger partial charge in [0, 0.05) is 18.8 Å². The number of nitrogens with one attached hydrogen (secondary N) is 2. The zero-order valence-electron chi connectivity index (χ0n) is 8.64. The van der Waals surface area contributed by atoms with Crippen molar-refractivity contribution in [2.45, 2.75) is 25.3 Å². The highest BCUT2D eigenvalue weighted by molar-refractivity contribution is 7.98. The maximum absolute atomic E-state index is 11.7. The van der Waals surface area contributed by atoms with Crippen LogP contribution in [0.3, 0.4) is 0 Å². The van der Waals surface area contributed by atoms with E-state index in [-0.39, 0.29) is 11.9 Å². The van der Waals surface area contributed by atoms with Crippen molar-refractivity contribution in [1.82, 2.24) is 10.6 Å². The highest BCUT2D eigenvalue weighted by atomic mass is 32.2. The van der Waals surface area contributed by atoms with Gasteiger partial charge in [0.2, 0.25) is 5.91 Å². The van der Waals surface area contributed by atoms with Crippen LogP contribution in [-0.2, 0) is 4.79 Å². The van der Waals surface area contributed by atoms with Gasteiger partial charge in [-0.05, 0) is 30.9 Å². The van der Waals surface area contributed by atoms with E-state index in [1.54, 1.807) is 11.8 Å². The number of carbonyl (C=O) groups is 1. The van der Waals surface area contributed by atoms with Crippen LogP contribution < -0.4 is 10.6 Å². The molecule has 3 nitrogen and oxygen atoms in total. The number of hydrogen-bond donors (Lipinski definition) is 2. The second-order valence-corrected chi connectivity index (χ2v) is 5.41. The normalized spacial score (nSPS) is 27.9. The summed E-state index contributed by atoms with van der Waals surface area (Å²) in [5.74, 6) is 1.20. The molecule has 2 N–H and O–H groups in total. The van der Waals surface area contributed by atoms with Crippen LogP contribution in [0, 0.1) is 5.41 Å².